The van der Waals surface area contributed by atoms with E-state index in [1.807, 2.05) is 48.5 Å². The van der Waals surface area contributed by atoms with E-state index in [4.69, 9.17) is 20.0 Å². The Bertz CT molecular complexity index is 2120. The standard InChI is InChI=1S/C36H26N6/c1-21-23-11-3-5-13-25(23)31(37-21)19-20-32-26-14-6-8-16-28(26)34(39-32)41-36-30-18-10-9-17-29(30)35(42-36)40-33-27-15-7-4-12-24(27)22(2)38-33/h3-19,39H,2,20H2,1H3,(H,38,40,41,42)/b31-19-. The van der Waals surface area contributed by atoms with Gasteiger partial charge in [-0.2, -0.15) is 0 Å². The average Bonchev–Trinajstić information content (AvgIpc) is 3.75. The number of aliphatic imine (C=N–C) groups is 4. The fourth-order valence-electron chi connectivity index (χ4n) is 5.95. The molecule has 8 rings (SSSR count). The number of amidine groups is 3. The van der Waals surface area contributed by atoms with Gasteiger partial charge in [0.05, 0.1) is 5.70 Å². The van der Waals surface area contributed by atoms with Crippen LogP contribution in [0.1, 0.15) is 46.0 Å². The van der Waals surface area contributed by atoms with E-state index in [0.717, 1.165) is 67.5 Å². The smallest absolute Gasteiger partial charge is 0.164 e. The van der Waals surface area contributed by atoms with Gasteiger partial charge < -0.3 is 10.3 Å². The molecule has 3 aliphatic rings. The SMILES string of the molecule is C=C1NC(=NC2=NC(=Nc3[nH]c(C/C=C4\N=C(C)c5ccccc54)c4ccccc34)c3ccccc32)c2ccccc21. The number of rotatable bonds is 3. The minimum absolute atomic E-state index is 0.630. The number of hydrogen-bond donors (Lipinski definition) is 2. The summed E-state index contributed by atoms with van der Waals surface area (Å²) < 4.78 is 0. The highest BCUT2D eigenvalue weighted by Crippen LogP contribution is 2.34. The number of benzene rings is 4. The van der Waals surface area contributed by atoms with Crippen LogP contribution in [0.3, 0.4) is 0 Å². The van der Waals surface area contributed by atoms with Gasteiger partial charge in [-0.25, -0.2) is 15.0 Å². The van der Waals surface area contributed by atoms with Crippen molar-refractivity contribution >= 4 is 51.2 Å². The molecule has 0 aliphatic carbocycles. The third-order valence-electron chi connectivity index (χ3n) is 7.99. The molecule has 2 N–H and O–H groups in total. The summed E-state index contributed by atoms with van der Waals surface area (Å²) in [6.07, 6.45) is 2.90. The zero-order valence-electron chi connectivity index (χ0n) is 23.0. The zero-order chi connectivity index (χ0) is 28.2. The summed E-state index contributed by atoms with van der Waals surface area (Å²) in [7, 11) is 0. The van der Waals surface area contributed by atoms with Crippen LogP contribution < -0.4 is 5.32 Å². The third-order valence-corrected chi connectivity index (χ3v) is 7.99. The second-order valence-electron chi connectivity index (χ2n) is 10.6. The Morgan fingerprint density at radius 3 is 2.14 bits per heavy atom. The van der Waals surface area contributed by atoms with Gasteiger partial charge in [0.2, 0.25) is 0 Å². The Morgan fingerprint density at radius 2 is 1.33 bits per heavy atom. The number of aromatic amines is 1. The Hall–Kier alpha value is -5.62. The molecule has 3 aliphatic heterocycles. The number of hydrogen-bond acceptors (Lipinski definition) is 3. The molecule has 6 nitrogen and oxygen atoms in total. The van der Waals surface area contributed by atoms with E-state index in [9.17, 15) is 0 Å². The number of nitrogens with zero attached hydrogens (tertiary/aromatic N) is 4. The average molecular weight is 543 g/mol. The van der Waals surface area contributed by atoms with Gasteiger partial charge in [0.1, 0.15) is 11.7 Å². The van der Waals surface area contributed by atoms with Crippen LogP contribution in [-0.2, 0) is 6.42 Å². The van der Waals surface area contributed by atoms with Gasteiger partial charge in [0.15, 0.2) is 11.7 Å². The van der Waals surface area contributed by atoms with Gasteiger partial charge in [-0.15, -0.1) is 0 Å². The molecular weight excluding hydrogens is 516 g/mol. The lowest BCUT2D eigenvalue weighted by molar-refractivity contribution is 1.15. The van der Waals surface area contributed by atoms with Gasteiger partial charge in [-0.3, -0.25) is 4.99 Å². The van der Waals surface area contributed by atoms with Crippen molar-refractivity contribution in [3.8, 4) is 0 Å². The zero-order valence-corrected chi connectivity index (χ0v) is 23.0. The predicted octanol–water partition coefficient (Wildman–Crippen LogP) is 7.43. The fourth-order valence-corrected chi connectivity index (χ4v) is 5.95. The van der Waals surface area contributed by atoms with Gasteiger partial charge in [0.25, 0.3) is 0 Å². The molecule has 4 aromatic carbocycles. The van der Waals surface area contributed by atoms with Crippen molar-refractivity contribution in [1.29, 1.82) is 0 Å². The quantitative estimate of drug-likeness (QED) is 0.244. The van der Waals surface area contributed by atoms with E-state index >= 15 is 0 Å². The lowest BCUT2D eigenvalue weighted by Gasteiger charge is -2.01. The predicted molar refractivity (Wildman–Crippen MR) is 173 cm³/mol. The number of allylic oxidation sites excluding steroid dienone is 1. The Kier molecular flexibility index (Phi) is 5.47. The number of fused-ring (bicyclic) bond motifs is 4. The topological polar surface area (TPSA) is 77.3 Å². The summed E-state index contributed by atoms with van der Waals surface area (Å²) in [5.74, 6) is 2.80. The summed E-state index contributed by atoms with van der Waals surface area (Å²) in [6.45, 7) is 6.22. The first kappa shape index (κ1) is 24.2. The van der Waals surface area contributed by atoms with E-state index in [1.54, 1.807) is 0 Å². The minimum atomic E-state index is 0.630. The molecular formula is C36H26N6. The van der Waals surface area contributed by atoms with Crippen LogP contribution in [0.5, 0.6) is 0 Å². The van der Waals surface area contributed by atoms with Crippen molar-refractivity contribution in [2.45, 2.75) is 13.3 Å². The number of H-pyrrole nitrogens is 1. The van der Waals surface area contributed by atoms with Crippen LogP contribution in [0.2, 0.25) is 0 Å². The van der Waals surface area contributed by atoms with Gasteiger partial charge in [-0.05, 0) is 6.92 Å². The molecule has 200 valence electrons. The molecule has 0 radical (unpaired) electrons. The minimum Gasteiger partial charge on any atom is -0.342 e. The van der Waals surface area contributed by atoms with Crippen LogP contribution in [0.25, 0.3) is 22.2 Å². The second kappa shape index (κ2) is 9.49. The maximum absolute atomic E-state index is 5.08. The van der Waals surface area contributed by atoms with Gasteiger partial charge >= 0.3 is 0 Å². The maximum atomic E-state index is 5.08. The summed E-state index contributed by atoms with van der Waals surface area (Å²) in [4.78, 5) is 23.4. The lowest BCUT2D eigenvalue weighted by atomic mass is 10.0. The molecule has 1 aromatic heterocycles. The van der Waals surface area contributed by atoms with E-state index in [2.05, 4.69) is 78.4 Å². The molecule has 0 bridgehead atoms. The van der Waals surface area contributed by atoms with Crippen molar-refractivity contribution in [3.05, 3.63) is 149 Å². The summed E-state index contributed by atoms with van der Waals surface area (Å²) in [5, 5.41) is 5.53. The van der Waals surface area contributed by atoms with E-state index in [1.165, 1.54) is 11.1 Å². The Morgan fingerprint density at radius 1 is 0.690 bits per heavy atom. The third kappa shape index (κ3) is 3.88. The van der Waals surface area contributed by atoms with Crippen molar-refractivity contribution < 1.29 is 0 Å². The Balaban J connectivity index is 1.19. The van der Waals surface area contributed by atoms with E-state index in [0.29, 0.717) is 18.1 Å². The molecule has 6 heteroatoms. The lowest BCUT2D eigenvalue weighted by Crippen LogP contribution is -2.16. The van der Waals surface area contributed by atoms with Gasteiger partial charge in [-0.1, -0.05) is 110 Å². The van der Waals surface area contributed by atoms with Crippen LogP contribution in [0, 0.1) is 0 Å². The fraction of sp³-hybridized carbons (Fsp3) is 0.0556. The molecule has 0 saturated heterocycles. The Labute approximate surface area is 243 Å². The number of nitrogens with one attached hydrogen (secondary N) is 2. The summed E-state index contributed by atoms with van der Waals surface area (Å²) >= 11 is 0. The summed E-state index contributed by atoms with van der Waals surface area (Å²) in [5.41, 5.74) is 10.4. The monoisotopic (exact) mass is 542 g/mol. The second-order valence-corrected chi connectivity index (χ2v) is 10.6. The first-order chi connectivity index (χ1) is 20.6. The highest BCUT2D eigenvalue weighted by Gasteiger charge is 2.26. The largest absolute Gasteiger partial charge is 0.342 e. The summed E-state index contributed by atoms with van der Waals surface area (Å²) in [6, 6.07) is 33.0. The van der Waals surface area contributed by atoms with E-state index in [-0.39, 0.29) is 0 Å². The van der Waals surface area contributed by atoms with Crippen LogP contribution in [0.15, 0.2) is 130 Å². The van der Waals surface area contributed by atoms with E-state index < -0.39 is 0 Å². The van der Waals surface area contributed by atoms with Crippen molar-refractivity contribution in [3.63, 3.8) is 0 Å². The molecule has 0 atom stereocenters. The first-order valence-corrected chi connectivity index (χ1v) is 14.0. The molecule has 42 heavy (non-hydrogen) atoms. The van der Waals surface area contributed by atoms with Gasteiger partial charge in [0, 0.05) is 67.7 Å². The van der Waals surface area contributed by atoms with Crippen LogP contribution in [-0.4, -0.2) is 28.2 Å². The maximum Gasteiger partial charge on any atom is 0.164 e. The molecule has 0 unspecified atom stereocenters. The molecule has 5 aromatic rings. The highest BCUT2D eigenvalue weighted by molar-refractivity contribution is 6.27. The molecule has 4 heterocycles. The van der Waals surface area contributed by atoms with Crippen molar-refractivity contribution in [2.75, 3.05) is 0 Å². The normalized spacial score (nSPS) is 17.9. The van der Waals surface area contributed by atoms with Crippen molar-refractivity contribution in [1.82, 2.24) is 10.3 Å². The highest BCUT2D eigenvalue weighted by atomic mass is 15.1. The molecule has 0 saturated carbocycles. The van der Waals surface area contributed by atoms with Crippen LogP contribution >= 0.6 is 0 Å². The molecule has 0 amide bonds. The molecule has 0 spiro atoms. The number of aromatic nitrogens is 1. The van der Waals surface area contributed by atoms with Crippen molar-refractivity contribution in [2.24, 2.45) is 20.0 Å². The van der Waals surface area contributed by atoms with Crippen LogP contribution in [0.4, 0.5) is 5.82 Å². The first-order valence-electron chi connectivity index (χ1n) is 14.0. The molecule has 0 fully saturated rings.